The Bertz CT molecular complexity index is 659. The zero-order valence-corrected chi connectivity index (χ0v) is 12.1. The summed E-state index contributed by atoms with van der Waals surface area (Å²) >= 11 is 11.8. The van der Waals surface area contributed by atoms with Crippen LogP contribution >= 0.6 is 23.2 Å². The third kappa shape index (κ3) is 4.29. The molecule has 0 atom stereocenters. The highest BCUT2D eigenvalue weighted by molar-refractivity contribution is 6.42. The SMILES string of the molecule is Clc1ccc(Cc2nc3cc(n2)C3)cc1Cl.O=C(O)OO. The van der Waals surface area contributed by atoms with Crippen molar-refractivity contribution in [3.8, 4) is 0 Å². The summed E-state index contributed by atoms with van der Waals surface area (Å²) < 4.78 is 0. The van der Waals surface area contributed by atoms with Gasteiger partial charge in [-0.3, -0.25) is 4.89 Å². The fourth-order valence-corrected chi connectivity index (χ4v) is 2.08. The first kappa shape index (κ1) is 15.5. The van der Waals surface area contributed by atoms with Crippen LogP contribution in [0.1, 0.15) is 22.8 Å². The Labute approximate surface area is 129 Å². The molecule has 0 saturated heterocycles. The van der Waals surface area contributed by atoms with Crippen LogP contribution in [0.2, 0.25) is 10.0 Å². The molecule has 1 aliphatic carbocycles. The molecule has 1 aromatic heterocycles. The average Bonchev–Trinajstić information content (AvgIpc) is 2.43. The Hall–Kier alpha value is -1.89. The minimum atomic E-state index is -1.69. The van der Waals surface area contributed by atoms with E-state index in [9.17, 15) is 0 Å². The molecule has 4 rings (SSSR count). The largest absolute Gasteiger partial charge is 0.537 e. The number of rotatable bonds is 2. The lowest BCUT2D eigenvalue weighted by atomic mass is 10.1. The molecule has 0 fully saturated rings. The third-order valence-electron chi connectivity index (χ3n) is 2.67. The fourth-order valence-electron chi connectivity index (χ4n) is 1.76. The summed E-state index contributed by atoms with van der Waals surface area (Å²) in [4.78, 5) is 20.4. The van der Waals surface area contributed by atoms with Crippen molar-refractivity contribution in [3.63, 3.8) is 0 Å². The van der Waals surface area contributed by atoms with Crippen LogP contribution in [0.25, 0.3) is 0 Å². The molecule has 0 radical (unpaired) electrons. The summed E-state index contributed by atoms with van der Waals surface area (Å²) in [6.45, 7) is 0. The van der Waals surface area contributed by atoms with Gasteiger partial charge in [0.25, 0.3) is 0 Å². The molecule has 0 saturated carbocycles. The lowest BCUT2D eigenvalue weighted by molar-refractivity contribution is -0.194. The normalized spacial score (nSPS) is 11.0. The first-order valence-electron chi connectivity index (χ1n) is 5.82. The molecule has 0 unspecified atom stereocenters. The zero-order chi connectivity index (χ0) is 15.4. The number of aromatic nitrogens is 2. The van der Waals surface area contributed by atoms with E-state index in [0.717, 1.165) is 29.2 Å². The number of fused-ring (bicyclic) bond motifs is 2. The predicted molar refractivity (Wildman–Crippen MR) is 75.8 cm³/mol. The smallest absolute Gasteiger partial charge is 0.448 e. The Morgan fingerprint density at radius 2 is 1.76 bits per heavy atom. The third-order valence-corrected chi connectivity index (χ3v) is 3.40. The molecule has 110 valence electrons. The number of benzene rings is 1. The molecule has 0 spiro atoms. The second-order valence-corrected chi connectivity index (χ2v) is 5.04. The molecule has 8 heteroatoms. The molecule has 1 aromatic carbocycles. The highest BCUT2D eigenvalue weighted by Gasteiger charge is 2.14. The molecule has 2 N–H and O–H groups in total. The molecular weight excluding hydrogens is 319 g/mol. The Morgan fingerprint density at radius 1 is 1.19 bits per heavy atom. The molecule has 2 aliphatic rings. The van der Waals surface area contributed by atoms with Gasteiger partial charge in [0.1, 0.15) is 5.82 Å². The minimum absolute atomic E-state index is 0.576. The van der Waals surface area contributed by atoms with Crippen molar-refractivity contribution in [1.29, 1.82) is 0 Å². The highest BCUT2D eigenvalue weighted by Crippen LogP contribution is 2.24. The Morgan fingerprint density at radius 3 is 2.24 bits per heavy atom. The van der Waals surface area contributed by atoms with E-state index >= 15 is 0 Å². The minimum Gasteiger partial charge on any atom is -0.448 e. The van der Waals surface area contributed by atoms with Gasteiger partial charge in [-0.15, -0.1) is 0 Å². The maximum absolute atomic E-state index is 8.90. The van der Waals surface area contributed by atoms with Crippen molar-refractivity contribution < 1.29 is 20.0 Å². The number of carboxylic acid groups (broad SMARTS) is 1. The number of hydrogen-bond acceptors (Lipinski definition) is 5. The molecular formula is C13H10Cl2N2O4. The van der Waals surface area contributed by atoms with Crippen LogP contribution in [-0.4, -0.2) is 26.5 Å². The van der Waals surface area contributed by atoms with Gasteiger partial charge in [-0.2, -0.15) is 5.26 Å². The van der Waals surface area contributed by atoms with Crippen molar-refractivity contribution in [1.82, 2.24) is 9.97 Å². The van der Waals surface area contributed by atoms with E-state index in [0.29, 0.717) is 16.5 Å². The van der Waals surface area contributed by atoms with Gasteiger partial charge in [-0.25, -0.2) is 14.8 Å². The number of hydrogen-bond donors (Lipinski definition) is 2. The maximum atomic E-state index is 8.90. The van der Waals surface area contributed by atoms with Gasteiger partial charge in [0, 0.05) is 12.8 Å². The average molecular weight is 329 g/mol. The Balaban J connectivity index is 0.000000282. The summed E-state index contributed by atoms with van der Waals surface area (Å²) in [6, 6.07) is 7.63. The lowest BCUT2D eigenvalue weighted by Crippen LogP contribution is -2.12. The fraction of sp³-hybridized carbons (Fsp3) is 0.154. The van der Waals surface area contributed by atoms with Crippen LogP contribution in [0, 0.1) is 0 Å². The summed E-state index contributed by atoms with van der Waals surface area (Å²) in [5.41, 5.74) is 3.33. The zero-order valence-electron chi connectivity index (χ0n) is 10.6. The second kappa shape index (κ2) is 6.71. The molecule has 0 amide bonds. The molecule has 2 heterocycles. The van der Waals surface area contributed by atoms with Crippen molar-refractivity contribution in [2.45, 2.75) is 12.8 Å². The van der Waals surface area contributed by atoms with Crippen molar-refractivity contribution in [2.24, 2.45) is 0 Å². The van der Waals surface area contributed by atoms with Gasteiger partial charge in [-0.1, -0.05) is 29.3 Å². The van der Waals surface area contributed by atoms with Crippen LogP contribution in [0.15, 0.2) is 24.3 Å². The van der Waals surface area contributed by atoms with Gasteiger partial charge in [0.05, 0.1) is 21.4 Å². The van der Waals surface area contributed by atoms with E-state index in [1.165, 1.54) is 0 Å². The van der Waals surface area contributed by atoms with Crippen LogP contribution in [-0.2, 0) is 17.7 Å². The van der Waals surface area contributed by atoms with Gasteiger partial charge >= 0.3 is 6.16 Å². The van der Waals surface area contributed by atoms with E-state index in [1.54, 1.807) is 6.07 Å². The molecule has 1 aliphatic heterocycles. The summed E-state index contributed by atoms with van der Waals surface area (Å²) in [7, 11) is 0. The predicted octanol–water partition coefficient (Wildman–Crippen LogP) is 3.43. The van der Waals surface area contributed by atoms with Gasteiger partial charge in [-0.05, 0) is 23.8 Å². The van der Waals surface area contributed by atoms with E-state index in [1.807, 2.05) is 18.2 Å². The highest BCUT2D eigenvalue weighted by atomic mass is 35.5. The number of carbonyl (C=O) groups is 1. The molecule has 2 bridgehead atoms. The Kier molecular flexibility index (Phi) is 4.95. The van der Waals surface area contributed by atoms with Crippen LogP contribution in [0.3, 0.4) is 0 Å². The van der Waals surface area contributed by atoms with Crippen LogP contribution < -0.4 is 0 Å². The summed E-state index contributed by atoms with van der Waals surface area (Å²) in [5.74, 6) is 0.858. The molecule has 6 nitrogen and oxygen atoms in total. The second-order valence-electron chi connectivity index (χ2n) is 4.23. The van der Waals surface area contributed by atoms with Crippen molar-refractivity contribution in [3.05, 3.63) is 57.1 Å². The van der Waals surface area contributed by atoms with E-state index in [-0.39, 0.29) is 0 Å². The van der Waals surface area contributed by atoms with Crippen molar-refractivity contribution in [2.75, 3.05) is 0 Å². The van der Waals surface area contributed by atoms with Gasteiger partial charge < -0.3 is 5.11 Å². The standard InChI is InChI=1S/C12H8Cl2N2.CH2O4/c13-10-2-1-7(3-11(10)14)4-12-15-8-5-9(6-8)16-12;2-1(3)5-4/h1-3,5H,4,6H2;4H,(H,2,3). The topological polar surface area (TPSA) is 92.5 Å². The van der Waals surface area contributed by atoms with E-state index in [2.05, 4.69) is 14.9 Å². The van der Waals surface area contributed by atoms with E-state index in [4.69, 9.17) is 38.4 Å². The monoisotopic (exact) mass is 328 g/mol. The summed E-state index contributed by atoms with van der Waals surface area (Å²) in [5, 5.41) is 15.4. The molecule has 2 aromatic rings. The van der Waals surface area contributed by atoms with Gasteiger partial charge in [0.15, 0.2) is 0 Å². The quantitative estimate of drug-likeness (QED) is 0.553. The number of nitrogens with zero attached hydrogens (tertiary/aromatic N) is 2. The summed E-state index contributed by atoms with van der Waals surface area (Å²) in [6.07, 6.45) is -0.0622. The molecule has 21 heavy (non-hydrogen) atoms. The lowest BCUT2D eigenvalue weighted by Gasteiger charge is -2.14. The first-order chi connectivity index (χ1) is 9.97. The first-order valence-corrected chi connectivity index (χ1v) is 6.57. The van der Waals surface area contributed by atoms with E-state index < -0.39 is 6.16 Å². The van der Waals surface area contributed by atoms with Crippen LogP contribution in [0.4, 0.5) is 4.79 Å². The van der Waals surface area contributed by atoms with Crippen LogP contribution in [0.5, 0.6) is 0 Å². The van der Waals surface area contributed by atoms with Gasteiger partial charge in [0.2, 0.25) is 0 Å². The number of halogens is 2. The maximum Gasteiger partial charge on any atom is 0.537 e. The van der Waals surface area contributed by atoms with Crippen molar-refractivity contribution >= 4 is 29.4 Å².